The SMILES string of the molecule is CC(C)CC1CCCC(CC(=O)O)(N2CCOCC2)C1. The highest BCUT2D eigenvalue weighted by molar-refractivity contribution is 5.68. The monoisotopic (exact) mass is 283 g/mol. The van der Waals surface area contributed by atoms with Gasteiger partial charge in [-0.05, 0) is 31.1 Å². The van der Waals surface area contributed by atoms with E-state index < -0.39 is 5.97 Å². The summed E-state index contributed by atoms with van der Waals surface area (Å²) in [6, 6.07) is 0. The number of carboxylic acids is 1. The second-order valence-electron chi connectivity index (χ2n) is 6.99. The molecule has 20 heavy (non-hydrogen) atoms. The highest BCUT2D eigenvalue weighted by Gasteiger charge is 2.43. The summed E-state index contributed by atoms with van der Waals surface area (Å²) in [5, 5.41) is 9.37. The Hall–Kier alpha value is -0.610. The van der Waals surface area contributed by atoms with Gasteiger partial charge in [-0.25, -0.2) is 0 Å². The lowest BCUT2D eigenvalue weighted by molar-refractivity contribution is -0.143. The van der Waals surface area contributed by atoms with E-state index in [-0.39, 0.29) is 5.54 Å². The second-order valence-corrected chi connectivity index (χ2v) is 6.99. The Kier molecular flexibility index (Phi) is 5.44. The largest absolute Gasteiger partial charge is 0.481 e. The average Bonchev–Trinajstić information content (AvgIpc) is 2.38. The van der Waals surface area contributed by atoms with E-state index in [0.717, 1.165) is 39.1 Å². The molecular formula is C16H29NO3. The Balaban J connectivity index is 2.10. The summed E-state index contributed by atoms with van der Waals surface area (Å²) in [5.74, 6) is 0.734. The summed E-state index contributed by atoms with van der Waals surface area (Å²) in [6.45, 7) is 7.81. The van der Waals surface area contributed by atoms with E-state index in [1.54, 1.807) is 0 Å². The van der Waals surface area contributed by atoms with Gasteiger partial charge in [0, 0.05) is 18.6 Å². The normalized spacial score (nSPS) is 32.5. The molecule has 2 unspecified atom stereocenters. The quantitative estimate of drug-likeness (QED) is 0.843. The highest BCUT2D eigenvalue weighted by atomic mass is 16.5. The molecule has 0 radical (unpaired) electrons. The molecule has 2 fully saturated rings. The molecule has 4 heteroatoms. The van der Waals surface area contributed by atoms with Crippen molar-refractivity contribution in [3.05, 3.63) is 0 Å². The lowest BCUT2D eigenvalue weighted by atomic mass is 9.70. The van der Waals surface area contributed by atoms with Crippen molar-refractivity contribution < 1.29 is 14.6 Å². The van der Waals surface area contributed by atoms with E-state index in [1.807, 2.05) is 0 Å². The fraction of sp³-hybridized carbons (Fsp3) is 0.938. The third kappa shape index (κ3) is 3.95. The summed E-state index contributed by atoms with van der Waals surface area (Å²) < 4.78 is 5.44. The molecule has 0 spiro atoms. The van der Waals surface area contributed by atoms with Gasteiger partial charge in [-0.3, -0.25) is 9.69 Å². The molecule has 2 aliphatic rings. The van der Waals surface area contributed by atoms with Gasteiger partial charge < -0.3 is 9.84 Å². The van der Waals surface area contributed by atoms with Crippen LogP contribution in [0, 0.1) is 11.8 Å². The minimum atomic E-state index is -0.651. The lowest BCUT2D eigenvalue weighted by Gasteiger charge is -2.49. The van der Waals surface area contributed by atoms with E-state index in [9.17, 15) is 9.90 Å². The van der Waals surface area contributed by atoms with Gasteiger partial charge in [-0.1, -0.05) is 26.7 Å². The van der Waals surface area contributed by atoms with Gasteiger partial charge in [0.1, 0.15) is 0 Å². The molecule has 1 saturated heterocycles. The molecule has 0 aromatic heterocycles. The maximum atomic E-state index is 11.4. The fourth-order valence-corrected chi connectivity index (χ4v) is 4.21. The molecule has 1 aliphatic heterocycles. The summed E-state index contributed by atoms with van der Waals surface area (Å²) in [5.41, 5.74) is -0.118. The van der Waals surface area contributed by atoms with Crippen LogP contribution < -0.4 is 0 Å². The van der Waals surface area contributed by atoms with E-state index in [0.29, 0.717) is 18.3 Å². The average molecular weight is 283 g/mol. The zero-order valence-electron chi connectivity index (χ0n) is 12.9. The maximum absolute atomic E-state index is 11.4. The van der Waals surface area contributed by atoms with Crippen molar-refractivity contribution in [2.24, 2.45) is 11.8 Å². The minimum Gasteiger partial charge on any atom is -0.481 e. The van der Waals surface area contributed by atoms with Gasteiger partial charge in [0.2, 0.25) is 0 Å². The zero-order chi connectivity index (χ0) is 14.6. The molecule has 0 amide bonds. The predicted octanol–water partition coefficient (Wildman–Crippen LogP) is 2.77. The van der Waals surface area contributed by atoms with Crippen LogP contribution in [0.4, 0.5) is 0 Å². The lowest BCUT2D eigenvalue weighted by Crippen LogP contribution is -2.56. The van der Waals surface area contributed by atoms with Crippen molar-refractivity contribution >= 4 is 5.97 Å². The first-order chi connectivity index (χ1) is 9.52. The first-order valence-corrected chi connectivity index (χ1v) is 8.06. The Morgan fingerprint density at radius 3 is 2.70 bits per heavy atom. The number of carboxylic acid groups (broad SMARTS) is 1. The number of carbonyl (C=O) groups is 1. The Morgan fingerprint density at radius 1 is 1.40 bits per heavy atom. The van der Waals surface area contributed by atoms with Gasteiger partial charge in [-0.2, -0.15) is 0 Å². The molecule has 1 heterocycles. The van der Waals surface area contributed by atoms with Gasteiger partial charge in [0.15, 0.2) is 0 Å². The first-order valence-electron chi connectivity index (χ1n) is 8.06. The van der Waals surface area contributed by atoms with E-state index in [4.69, 9.17) is 4.74 Å². The van der Waals surface area contributed by atoms with Crippen LogP contribution in [0.3, 0.4) is 0 Å². The molecule has 2 atom stereocenters. The van der Waals surface area contributed by atoms with Gasteiger partial charge in [-0.15, -0.1) is 0 Å². The van der Waals surface area contributed by atoms with Crippen LogP contribution in [-0.4, -0.2) is 47.8 Å². The molecule has 0 aromatic rings. The molecule has 1 aliphatic carbocycles. The molecule has 1 N–H and O–H groups in total. The Morgan fingerprint density at radius 2 is 2.10 bits per heavy atom. The topological polar surface area (TPSA) is 49.8 Å². The standard InChI is InChI=1S/C16H29NO3/c1-13(2)10-14-4-3-5-16(11-14,12-15(18)19)17-6-8-20-9-7-17/h13-14H,3-12H2,1-2H3,(H,18,19). The Bertz CT molecular complexity index is 326. The van der Waals surface area contributed by atoms with Crippen molar-refractivity contribution in [1.82, 2.24) is 4.90 Å². The molecule has 2 rings (SSSR count). The number of ether oxygens (including phenoxy) is 1. The molecule has 116 valence electrons. The highest BCUT2D eigenvalue weighted by Crippen LogP contribution is 2.42. The third-order valence-corrected chi connectivity index (χ3v) is 4.89. The number of nitrogens with zero attached hydrogens (tertiary/aromatic N) is 1. The van der Waals surface area contributed by atoms with Crippen molar-refractivity contribution in [3.8, 4) is 0 Å². The number of hydrogen-bond donors (Lipinski definition) is 1. The van der Waals surface area contributed by atoms with Crippen molar-refractivity contribution in [3.63, 3.8) is 0 Å². The van der Waals surface area contributed by atoms with Crippen LogP contribution in [0.25, 0.3) is 0 Å². The van der Waals surface area contributed by atoms with Crippen LogP contribution in [-0.2, 0) is 9.53 Å². The van der Waals surface area contributed by atoms with Gasteiger partial charge in [0.05, 0.1) is 19.6 Å². The van der Waals surface area contributed by atoms with E-state index in [2.05, 4.69) is 18.7 Å². The van der Waals surface area contributed by atoms with Crippen LogP contribution in [0.5, 0.6) is 0 Å². The van der Waals surface area contributed by atoms with Crippen molar-refractivity contribution in [2.75, 3.05) is 26.3 Å². The van der Waals surface area contributed by atoms with Crippen molar-refractivity contribution in [1.29, 1.82) is 0 Å². The summed E-state index contributed by atoms with van der Waals surface area (Å²) in [4.78, 5) is 13.8. The Labute approximate surface area is 122 Å². The number of aliphatic carboxylic acids is 1. The predicted molar refractivity (Wildman–Crippen MR) is 78.8 cm³/mol. The van der Waals surface area contributed by atoms with E-state index >= 15 is 0 Å². The number of hydrogen-bond acceptors (Lipinski definition) is 3. The van der Waals surface area contributed by atoms with Crippen LogP contribution in [0.15, 0.2) is 0 Å². The summed E-state index contributed by atoms with van der Waals surface area (Å²) in [6.07, 6.45) is 6.05. The third-order valence-electron chi connectivity index (χ3n) is 4.89. The van der Waals surface area contributed by atoms with Crippen LogP contribution in [0.2, 0.25) is 0 Å². The number of morpholine rings is 1. The van der Waals surface area contributed by atoms with Crippen molar-refractivity contribution in [2.45, 2.75) is 57.9 Å². The van der Waals surface area contributed by atoms with Gasteiger partial charge in [0.25, 0.3) is 0 Å². The molecule has 0 bridgehead atoms. The van der Waals surface area contributed by atoms with Gasteiger partial charge >= 0.3 is 5.97 Å². The zero-order valence-corrected chi connectivity index (χ0v) is 12.9. The summed E-state index contributed by atoms with van der Waals surface area (Å²) >= 11 is 0. The first kappa shape index (κ1) is 15.8. The minimum absolute atomic E-state index is 0.118. The fourth-order valence-electron chi connectivity index (χ4n) is 4.21. The summed E-state index contributed by atoms with van der Waals surface area (Å²) in [7, 11) is 0. The molecule has 1 saturated carbocycles. The van der Waals surface area contributed by atoms with E-state index in [1.165, 1.54) is 19.3 Å². The number of rotatable bonds is 5. The van der Waals surface area contributed by atoms with Crippen LogP contribution in [0.1, 0.15) is 52.4 Å². The molecule has 0 aromatic carbocycles. The second kappa shape index (κ2) is 6.90. The van der Waals surface area contributed by atoms with Crippen LogP contribution >= 0.6 is 0 Å². The molecule has 4 nitrogen and oxygen atoms in total. The smallest absolute Gasteiger partial charge is 0.305 e. The molecular weight excluding hydrogens is 254 g/mol. The maximum Gasteiger partial charge on any atom is 0.305 e.